The molecular weight excluding hydrogens is 447 g/mol. The summed E-state index contributed by atoms with van der Waals surface area (Å²) in [5.74, 6) is 2.27. The van der Waals surface area contributed by atoms with Gasteiger partial charge in [-0.3, -0.25) is 0 Å². The van der Waals surface area contributed by atoms with Gasteiger partial charge in [0.15, 0.2) is 5.96 Å². The molecule has 25 heavy (non-hydrogen) atoms. The Labute approximate surface area is 170 Å². The van der Waals surface area contributed by atoms with E-state index in [1.807, 2.05) is 18.3 Å². The first-order valence-electron chi connectivity index (χ1n) is 8.44. The first-order valence-corrected chi connectivity index (χ1v) is 9.38. The maximum absolute atomic E-state index is 5.66. The highest BCUT2D eigenvalue weighted by Crippen LogP contribution is 2.29. The van der Waals surface area contributed by atoms with E-state index in [-0.39, 0.29) is 24.0 Å². The average molecular weight is 472 g/mol. The third-order valence-corrected chi connectivity index (χ3v) is 4.50. The molecule has 2 aromatic rings. The highest BCUT2D eigenvalue weighted by atomic mass is 127. The van der Waals surface area contributed by atoms with Gasteiger partial charge < -0.3 is 15.4 Å². The number of hydrogen-bond acceptors (Lipinski definition) is 4. The quantitative estimate of drug-likeness (QED) is 0.349. The summed E-state index contributed by atoms with van der Waals surface area (Å²) in [5.41, 5.74) is 2.34. The van der Waals surface area contributed by atoms with E-state index in [1.54, 1.807) is 11.3 Å². The second-order valence-corrected chi connectivity index (χ2v) is 6.72. The van der Waals surface area contributed by atoms with Gasteiger partial charge in [-0.1, -0.05) is 6.07 Å². The Morgan fingerprint density at radius 2 is 2.16 bits per heavy atom. The topological polar surface area (TPSA) is 58.5 Å². The molecule has 0 aromatic carbocycles. The van der Waals surface area contributed by atoms with Gasteiger partial charge >= 0.3 is 0 Å². The summed E-state index contributed by atoms with van der Waals surface area (Å²) < 4.78 is 5.66. The Morgan fingerprint density at radius 1 is 1.28 bits per heavy atom. The summed E-state index contributed by atoms with van der Waals surface area (Å²) in [7, 11) is 0. The maximum Gasteiger partial charge on any atom is 0.213 e. The second-order valence-electron chi connectivity index (χ2n) is 5.94. The van der Waals surface area contributed by atoms with Gasteiger partial charge in [0.25, 0.3) is 0 Å². The van der Waals surface area contributed by atoms with Gasteiger partial charge in [-0.05, 0) is 53.6 Å². The molecule has 2 N–H and O–H groups in total. The van der Waals surface area contributed by atoms with Crippen LogP contribution in [0, 0.1) is 5.92 Å². The van der Waals surface area contributed by atoms with Crippen molar-refractivity contribution < 1.29 is 4.74 Å². The van der Waals surface area contributed by atoms with E-state index in [2.05, 4.69) is 44.4 Å². The van der Waals surface area contributed by atoms with Crippen molar-refractivity contribution in [1.29, 1.82) is 0 Å². The monoisotopic (exact) mass is 472 g/mol. The predicted molar refractivity (Wildman–Crippen MR) is 114 cm³/mol. The van der Waals surface area contributed by atoms with Crippen LogP contribution in [0.25, 0.3) is 0 Å². The van der Waals surface area contributed by atoms with Crippen molar-refractivity contribution >= 4 is 41.3 Å². The van der Waals surface area contributed by atoms with E-state index >= 15 is 0 Å². The number of rotatable bonds is 8. The fourth-order valence-electron chi connectivity index (χ4n) is 2.17. The molecule has 2 heterocycles. The molecular formula is C18H25IN4OS. The van der Waals surface area contributed by atoms with Crippen molar-refractivity contribution in [3.8, 4) is 5.88 Å². The highest BCUT2D eigenvalue weighted by Gasteiger charge is 2.21. The fraction of sp³-hybridized carbons (Fsp3) is 0.444. The lowest BCUT2D eigenvalue weighted by molar-refractivity contribution is 0.288. The molecule has 1 aliphatic rings. The number of nitrogens with zero attached hydrogens (tertiary/aromatic N) is 2. The molecule has 0 radical (unpaired) electrons. The van der Waals surface area contributed by atoms with Crippen molar-refractivity contribution in [2.24, 2.45) is 10.9 Å². The molecule has 0 atom stereocenters. The van der Waals surface area contributed by atoms with Gasteiger partial charge in [-0.25, -0.2) is 9.98 Å². The van der Waals surface area contributed by atoms with Crippen LogP contribution in [-0.2, 0) is 13.1 Å². The van der Waals surface area contributed by atoms with Crippen molar-refractivity contribution in [2.45, 2.75) is 32.9 Å². The predicted octanol–water partition coefficient (Wildman–Crippen LogP) is 3.81. The van der Waals surface area contributed by atoms with Gasteiger partial charge in [0.05, 0.1) is 13.2 Å². The molecule has 0 bridgehead atoms. The summed E-state index contributed by atoms with van der Waals surface area (Å²) >= 11 is 1.70. The van der Waals surface area contributed by atoms with E-state index in [9.17, 15) is 0 Å². The average Bonchev–Trinajstić information content (AvgIpc) is 3.30. The van der Waals surface area contributed by atoms with Crippen LogP contribution >= 0.6 is 35.3 Å². The zero-order valence-electron chi connectivity index (χ0n) is 14.4. The van der Waals surface area contributed by atoms with Crippen LogP contribution in [-0.4, -0.2) is 24.1 Å². The molecule has 0 spiro atoms. The van der Waals surface area contributed by atoms with Crippen LogP contribution in [0.1, 0.15) is 30.9 Å². The molecule has 136 valence electrons. The van der Waals surface area contributed by atoms with E-state index in [0.717, 1.165) is 30.6 Å². The van der Waals surface area contributed by atoms with Crippen LogP contribution in [0.4, 0.5) is 0 Å². The van der Waals surface area contributed by atoms with Gasteiger partial charge in [-0.2, -0.15) is 11.3 Å². The summed E-state index contributed by atoms with van der Waals surface area (Å²) in [6.45, 7) is 5.07. The molecule has 3 rings (SSSR count). The zero-order valence-corrected chi connectivity index (χ0v) is 17.6. The Bertz CT molecular complexity index is 642. The first kappa shape index (κ1) is 20.0. The Kier molecular flexibility index (Phi) is 8.47. The molecule has 1 fully saturated rings. The zero-order chi connectivity index (χ0) is 16.6. The number of halogens is 1. The Morgan fingerprint density at radius 3 is 2.80 bits per heavy atom. The van der Waals surface area contributed by atoms with Gasteiger partial charge in [0.1, 0.15) is 0 Å². The lowest BCUT2D eigenvalue weighted by atomic mass is 10.3. The van der Waals surface area contributed by atoms with Crippen molar-refractivity contribution in [1.82, 2.24) is 15.6 Å². The molecule has 0 amide bonds. The normalized spacial score (nSPS) is 13.9. The maximum atomic E-state index is 5.66. The van der Waals surface area contributed by atoms with Crippen LogP contribution in [0.2, 0.25) is 0 Å². The minimum absolute atomic E-state index is 0. The minimum atomic E-state index is 0. The van der Waals surface area contributed by atoms with E-state index in [4.69, 9.17) is 4.74 Å². The number of pyridine rings is 1. The first-order chi connectivity index (χ1) is 11.8. The highest BCUT2D eigenvalue weighted by molar-refractivity contribution is 14.0. The molecule has 7 heteroatoms. The minimum Gasteiger partial charge on any atom is -0.477 e. The standard InChI is InChI=1S/C18H24N4OS.HI/c1-2-19-18(22-11-16-7-8-24-13-16)21-10-15-5-6-17(20-9-15)23-12-14-3-4-14;/h5-9,13-14H,2-4,10-12H2,1H3,(H2,19,21,22);1H. The molecule has 2 aromatic heterocycles. The van der Waals surface area contributed by atoms with Gasteiger partial charge in [0.2, 0.25) is 5.88 Å². The summed E-state index contributed by atoms with van der Waals surface area (Å²) in [6, 6.07) is 6.08. The largest absolute Gasteiger partial charge is 0.477 e. The van der Waals surface area contributed by atoms with E-state index < -0.39 is 0 Å². The van der Waals surface area contributed by atoms with Crippen LogP contribution in [0.15, 0.2) is 40.1 Å². The molecule has 0 saturated heterocycles. The lowest BCUT2D eigenvalue weighted by Crippen LogP contribution is -2.36. The molecule has 1 aliphatic carbocycles. The van der Waals surface area contributed by atoms with Crippen molar-refractivity contribution in [2.75, 3.05) is 13.2 Å². The molecule has 1 saturated carbocycles. The SMILES string of the molecule is CCNC(=NCc1ccsc1)NCc1ccc(OCC2CC2)nc1.I. The second kappa shape index (κ2) is 10.6. The lowest BCUT2D eigenvalue weighted by Gasteiger charge is -2.11. The summed E-state index contributed by atoms with van der Waals surface area (Å²) in [4.78, 5) is 8.97. The number of nitrogens with one attached hydrogen (secondary N) is 2. The molecule has 5 nitrogen and oxygen atoms in total. The van der Waals surface area contributed by atoms with E-state index in [1.165, 1.54) is 18.4 Å². The number of aromatic nitrogens is 1. The number of aliphatic imine (C=N–C) groups is 1. The van der Waals surface area contributed by atoms with Gasteiger partial charge in [0, 0.05) is 25.4 Å². The number of ether oxygens (including phenoxy) is 1. The molecule has 0 aliphatic heterocycles. The third-order valence-electron chi connectivity index (χ3n) is 3.77. The fourth-order valence-corrected chi connectivity index (χ4v) is 2.83. The third kappa shape index (κ3) is 7.19. The molecule has 0 unspecified atom stereocenters. The van der Waals surface area contributed by atoms with Crippen LogP contribution in [0.5, 0.6) is 5.88 Å². The van der Waals surface area contributed by atoms with Crippen LogP contribution < -0.4 is 15.4 Å². The number of thiophene rings is 1. The Balaban J connectivity index is 0.00000225. The summed E-state index contributed by atoms with van der Waals surface area (Å²) in [5, 5.41) is 10.8. The number of hydrogen-bond donors (Lipinski definition) is 2. The summed E-state index contributed by atoms with van der Waals surface area (Å²) in [6.07, 6.45) is 4.44. The van der Waals surface area contributed by atoms with E-state index in [0.29, 0.717) is 19.0 Å². The Hall–Kier alpha value is -1.35. The van der Waals surface area contributed by atoms with Crippen LogP contribution in [0.3, 0.4) is 0 Å². The van der Waals surface area contributed by atoms with Crippen molar-refractivity contribution in [3.63, 3.8) is 0 Å². The smallest absolute Gasteiger partial charge is 0.213 e. The van der Waals surface area contributed by atoms with Crippen molar-refractivity contribution in [3.05, 3.63) is 46.3 Å². The number of guanidine groups is 1. The van der Waals surface area contributed by atoms with Gasteiger partial charge in [-0.15, -0.1) is 24.0 Å².